The summed E-state index contributed by atoms with van der Waals surface area (Å²) in [6, 6.07) is 0.414. The molecule has 3 heterocycles. The van der Waals surface area contributed by atoms with E-state index in [-0.39, 0.29) is 5.91 Å². The lowest BCUT2D eigenvalue weighted by Gasteiger charge is -2.27. The molecule has 3 rings (SSSR count). The number of hydrogen-bond acceptors (Lipinski definition) is 5. The van der Waals surface area contributed by atoms with Gasteiger partial charge in [0.1, 0.15) is 0 Å². The van der Waals surface area contributed by atoms with E-state index in [1.54, 1.807) is 11.3 Å². The molecule has 2 aromatic rings. The molecule has 1 saturated heterocycles. The van der Waals surface area contributed by atoms with Gasteiger partial charge in [-0.1, -0.05) is 13.8 Å². The number of rotatable bonds is 4. The van der Waals surface area contributed by atoms with Crippen LogP contribution in [-0.4, -0.2) is 41.0 Å². The predicted molar refractivity (Wildman–Crippen MR) is 80.3 cm³/mol. The number of hydrogen-bond donors (Lipinski definition) is 2. The molecule has 0 bridgehead atoms. The van der Waals surface area contributed by atoms with E-state index in [2.05, 4.69) is 33.8 Å². The van der Waals surface area contributed by atoms with Crippen molar-refractivity contribution in [1.82, 2.24) is 20.0 Å². The third-order valence-corrected chi connectivity index (χ3v) is 4.11. The van der Waals surface area contributed by atoms with Crippen LogP contribution in [0.1, 0.15) is 19.5 Å². The van der Waals surface area contributed by atoms with Crippen LogP contribution < -0.4 is 15.5 Å². The molecular weight excluding hydrogens is 274 g/mol. The third kappa shape index (κ3) is 2.51. The normalized spacial score (nSPS) is 16.1. The van der Waals surface area contributed by atoms with E-state index in [1.807, 2.05) is 11.6 Å². The van der Waals surface area contributed by atoms with Gasteiger partial charge >= 0.3 is 0 Å². The maximum Gasteiger partial charge on any atom is 0.239 e. The van der Waals surface area contributed by atoms with Crippen LogP contribution in [0.3, 0.4) is 0 Å². The topological polar surface area (TPSA) is 61.7 Å². The summed E-state index contributed by atoms with van der Waals surface area (Å²) in [6.07, 6.45) is 2.04. The number of carbonyl (C=O) groups excluding carboxylic acids is 1. The smallest absolute Gasteiger partial charge is 0.239 e. The highest BCUT2D eigenvalue weighted by molar-refractivity contribution is 7.15. The van der Waals surface area contributed by atoms with Crippen molar-refractivity contribution in [1.29, 1.82) is 0 Å². The minimum atomic E-state index is 0.0652. The van der Waals surface area contributed by atoms with Gasteiger partial charge in [0, 0.05) is 37.3 Å². The summed E-state index contributed by atoms with van der Waals surface area (Å²) in [5.41, 5.74) is 1.13. The number of anilines is 1. The maximum absolute atomic E-state index is 11.6. The molecule has 0 atom stereocenters. The molecule has 6 nitrogen and oxygen atoms in total. The molecule has 7 heteroatoms. The van der Waals surface area contributed by atoms with Crippen molar-refractivity contribution in [2.45, 2.75) is 26.4 Å². The highest BCUT2D eigenvalue weighted by Crippen LogP contribution is 2.25. The fourth-order valence-corrected chi connectivity index (χ4v) is 3.09. The van der Waals surface area contributed by atoms with Crippen LogP contribution >= 0.6 is 11.3 Å². The Morgan fingerprint density at radius 1 is 1.55 bits per heavy atom. The molecular formula is C13H19N5OS. The average Bonchev–Trinajstić information content (AvgIpc) is 2.96. The van der Waals surface area contributed by atoms with Gasteiger partial charge in [0.25, 0.3) is 0 Å². The van der Waals surface area contributed by atoms with Gasteiger partial charge in [0.2, 0.25) is 5.91 Å². The molecule has 1 aliphatic rings. The van der Waals surface area contributed by atoms with E-state index in [4.69, 9.17) is 4.98 Å². The lowest BCUT2D eigenvalue weighted by Crippen LogP contribution is -2.48. The van der Waals surface area contributed by atoms with Gasteiger partial charge in [-0.05, 0) is 0 Å². The molecule has 108 valence electrons. The Labute approximate surface area is 121 Å². The van der Waals surface area contributed by atoms with Gasteiger partial charge in [-0.3, -0.25) is 9.20 Å². The van der Waals surface area contributed by atoms with Crippen LogP contribution in [0.2, 0.25) is 0 Å². The zero-order valence-electron chi connectivity index (χ0n) is 11.7. The molecule has 1 fully saturated rings. The van der Waals surface area contributed by atoms with Gasteiger partial charge in [-0.25, -0.2) is 4.98 Å². The van der Waals surface area contributed by atoms with E-state index in [0.717, 1.165) is 29.6 Å². The molecule has 20 heavy (non-hydrogen) atoms. The Balaban J connectivity index is 1.93. The van der Waals surface area contributed by atoms with Crippen LogP contribution in [0.5, 0.6) is 0 Å². The number of thiazole rings is 1. The number of piperazine rings is 1. The molecule has 1 aliphatic heterocycles. The van der Waals surface area contributed by atoms with E-state index >= 15 is 0 Å². The number of amides is 1. The van der Waals surface area contributed by atoms with Gasteiger partial charge in [0.05, 0.1) is 12.2 Å². The van der Waals surface area contributed by atoms with Crippen LogP contribution in [0.25, 0.3) is 4.96 Å². The highest BCUT2D eigenvalue weighted by atomic mass is 32.1. The highest BCUT2D eigenvalue weighted by Gasteiger charge is 2.23. The van der Waals surface area contributed by atoms with E-state index in [0.29, 0.717) is 19.1 Å². The summed E-state index contributed by atoms with van der Waals surface area (Å²) < 4.78 is 2.11. The Kier molecular flexibility index (Phi) is 3.62. The molecule has 0 unspecified atom stereocenters. The van der Waals surface area contributed by atoms with Gasteiger partial charge < -0.3 is 15.5 Å². The number of nitrogens with one attached hydrogen (secondary N) is 2. The van der Waals surface area contributed by atoms with Crippen molar-refractivity contribution in [2.75, 3.05) is 24.5 Å². The first-order valence-electron chi connectivity index (χ1n) is 6.84. The van der Waals surface area contributed by atoms with Crippen molar-refractivity contribution in [2.24, 2.45) is 0 Å². The first-order chi connectivity index (χ1) is 9.65. The van der Waals surface area contributed by atoms with Crippen molar-refractivity contribution in [3.8, 4) is 0 Å². The number of nitrogens with zero attached hydrogens (tertiary/aromatic N) is 3. The number of imidazole rings is 1. The predicted octanol–water partition coefficient (Wildman–Crippen LogP) is 0.830. The molecule has 0 aromatic carbocycles. The fourth-order valence-electron chi connectivity index (χ4n) is 2.36. The number of carbonyl (C=O) groups is 1. The van der Waals surface area contributed by atoms with Gasteiger partial charge in [0.15, 0.2) is 10.8 Å². The second-order valence-electron chi connectivity index (χ2n) is 5.24. The zero-order valence-corrected chi connectivity index (χ0v) is 12.5. The van der Waals surface area contributed by atoms with Gasteiger partial charge in [-0.2, -0.15) is 0 Å². The minimum Gasteiger partial charge on any atom is -0.353 e. The first-order valence-corrected chi connectivity index (χ1v) is 7.72. The SMILES string of the molecule is CC(C)NCc1c(N2CCNC(=O)C2)nc2sccn12. The summed E-state index contributed by atoms with van der Waals surface area (Å²) in [5, 5.41) is 8.32. The van der Waals surface area contributed by atoms with Crippen LogP contribution in [0.4, 0.5) is 5.82 Å². The van der Waals surface area contributed by atoms with Gasteiger partial charge in [-0.15, -0.1) is 11.3 Å². The Hall–Kier alpha value is -1.60. The molecule has 1 amide bonds. The number of fused-ring (bicyclic) bond motifs is 1. The summed E-state index contributed by atoms with van der Waals surface area (Å²) in [5.74, 6) is 0.996. The Morgan fingerprint density at radius 3 is 3.15 bits per heavy atom. The lowest BCUT2D eigenvalue weighted by molar-refractivity contribution is -0.120. The zero-order chi connectivity index (χ0) is 14.1. The van der Waals surface area contributed by atoms with Crippen LogP contribution in [0.15, 0.2) is 11.6 Å². The monoisotopic (exact) mass is 293 g/mol. The second-order valence-corrected chi connectivity index (χ2v) is 6.12. The Bertz CT molecular complexity index is 617. The summed E-state index contributed by atoms with van der Waals surface area (Å²) in [4.78, 5) is 19.3. The second kappa shape index (κ2) is 5.41. The summed E-state index contributed by atoms with van der Waals surface area (Å²) in [6.45, 7) is 6.88. The molecule has 2 N–H and O–H groups in total. The Morgan fingerprint density at radius 2 is 2.40 bits per heavy atom. The first kappa shape index (κ1) is 13.4. The van der Waals surface area contributed by atoms with E-state index in [1.165, 1.54) is 0 Å². The molecule has 0 aliphatic carbocycles. The standard InChI is InChI=1S/C13H19N5OS/c1-9(2)15-7-10-12(16-13-18(10)5-6-20-13)17-4-3-14-11(19)8-17/h5-6,9,15H,3-4,7-8H2,1-2H3,(H,14,19). The summed E-state index contributed by atoms with van der Waals surface area (Å²) in [7, 11) is 0. The van der Waals surface area contributed by atoms with E-state index < -0.39 is 0 Å². The molecule has 0 radical (unpaired) electrons. The molecule has 0 saturated carbocycles. The van der Waals surface area contributed by atoms with Crippen molar-refractivity contribution >= 4 is 28.0 Å². The maximum atomic E-state index is 11.6. The molecule has 2 aromatic heterocycles. The van der Waals surface area contributed by atoms with Crippen LogP contribution in [-0.2, 0) is 11.3 Å². The lowest BCUT2D eigenvalue weighted by atomic mass is 10.3. The molecule has 0 spiro atoms. The van der Waals surface area contributed by atoms with Crippen LogP contribution in [0, 0.1) is 0 Å². The number of aromatic nitrogens is 2. The third-order valence-electron chi connectivity index (χ3n) is 3.36. The minimum absolute atomic E-state index is 0.0652. The largest absolute Gasteiger partial charge is 0.353 e. The van der Waals surface area contributed by atoms with E-state index in [9.17, 15) is 4.79 Å². The average molecular weight is 293 g/mol. The van der Waals surface area contributed by atoms with Crippen molar-refractivity contribution in [3.05, 3.63) is 17.3 Å². The van der Waals surface area contributed by atoms with Crippen molar-refractivity contribution in [3.63, 3.8) is 0 Å². The quantitative estimate of drug-likeness (QED) is 0.876. The van der Waals surface area contributed by atoms with Crippen molar-refractivity contribution < 1.29 is 4.79 Å². The summed E-state index contributed by atoms with van der Waals surface area (Å²) >= 11 is 1.62. The fraction of sp³-hybridized carbons (Fsp3) is 0.538.